The summed E-state index contributed by atoms with van der Waals surface area (Å²) in [5, 5.41) is 10.5. The fourth-order valence-electron chi connectivity index (χ4n) is 1.34. The SMILES string of the molecule is CC(O)c1ccc2ccc(Br)cc2n1. The lowest BCUT2D eigenvalue weighted by molar-refractivity contribution is 0.195. The summed E-state index contributed by atoms with van der Waals surface area (Å²) in [5.74, 6) is 0. The lowest BCUT2D eigenvalue weighted by atomic mass is 10.2. The van der Waals surface area contributed by atoms with Crippen molar-refractivity contribution in [1.29, 1.82) is 0 Å². The van der Waals surface area contributed by atoms with Gasteiger partial charge in [0.25, 0.3) is 0 Å². The highest BCUT2D eigenvalue weighted by molar-refractivity contribution is 9.10. The fraction of sp³-hybridized carbons (Fsp3) is 0.182. The first-order chi connectivity index (χ1) is 6.66. The Bertz CT molecular complexity index is 468. The number of aliphatic hydroxyl groups excluding tert-OH is 1. The van der Waals surface area contributed by atoms with Gasteiger partial charge in [0.15, 0.2) is 0 Å². The van der Waals surface area contributed by atoms with Crippen LogP contribution in [0.5, 0.6) is 0 Å². The molecule has 0 radical (unpaired) electrons. The molecule has 2 aromatic rings. The molecule has 2 rings (SSSR count). The molecule has 0 amide bonds. The average molecular weight is 252 g/mol. The van der Waals surface area contributed by atoms with Gasteiger partial charge in [-0.3, -0.25) is 4.98 Å². The quantitative estimate of drug-likeness (QED) is 0.846. The van der Waals surface area contributed by atoms with Crippen LogP contribution in [0.1, 0.15) is 18.7 Å². The van der Waals surface area contributed by atoms with E-state index in [1.54, 1.807) is 6.92 Å². The van der Waals surface area contributed by atoms with E-state index in [0.29, 0.717) is 5.69 Å². The Morgan fingerprint density at radius 3 is 2.71 bits per heavy atom. The van der Waals surface area contributed by atoms with Gasteiger partial charge in [-0.2, -0.15) is 0 Å². The number of hydrogen-bond acceptors (Lipinski definition) is 2. The van der Waals surface area contributed by atoms with E-state index in [4.69, 9.17) is 0 Å². The molecule has 0 aliphatic carbocycles. The maximum atomic E-state index is 9.38. The number of hydrogen-bond donors (Lipinski definition) is 1. The second kappa shape index (κ2) is 3.67. The first-order valence-electron chi connectivity index (χ1n) is 4.41. The summed E-state index contributed by atoms with van der Waals surface area (Å²) in [6.07, 6.45) is -0.515. The molecule has 0 saturated carbocycles. The minimum absolute atomic E-state index is 0.515. The highest BCUT2D eigenvalue weighted by atomic mass is 79.9. The van der Waals surface area contributed by atoms with E-state index in [1.165, 1.54) is 0 Å². The predicted molar refractivity (Wildman–Crippen MR) is 60.1 cm³/mol. The Labute approximate surface area is 90.7 Å². The van der Waals surface area contributed by atoms with E-state index >= 15 is 0 Å². The molecule has 1 aromatic carbocycles. The Kier molecular flexibility index (Phi) is 2.52. The molecule has 0 fully saturated rings. The maximum absolute atomic E-state index is 9.38. The zero-order valence-electron chi connectivity index (χ0n) is 7.74. The van der Waals surface area contributed by atoms with Crippen LogP contribution in [-0.2, 0) is 0 Å². The Balaban J connectivity index is 2.63. The zero-order valence-corrected chi connectivity index (χ0v) is 9.32. The molecule has 2 nitrogen and oxygen atoms in total. The normalized spacial score (nSPS) is 13.1. The van der Waals surface area contributed by atoms with E-state index < -0.39 is 6.10 Å². The summed E-state index contributed by atoms with van der Waals surface area (Å²) >= 11 is 3.39. The van der Waals surface area contributed by atoms with Crippen LogP contribution < -0.4 is 0 Å². The number of aliphatic hydroxyl groups is 1. The van der Waals surface area contributed by atoms with Crippen LogP contribution in [0, 0.1) is 0 Å². The number of halogens is 1. The van der Waals surface area contributed by atoms with Gasteiger partial charge in [-0.15, -0.1) is 0 Å². The Hall–Kier alpha value is -0.930. The first kappa shape index (κ1) is 9.62. The van der Waals surface area contributed by atoms with Crippen molar-refractivity contribution in [2.24, 2.45) is 0 Å². The van der Waals surface area contributed by atoms with Gasteiger partial charge in [0, 0.05) is 9.86 Å². The molecular weight excluding hydrogens is 242 g/mol. The molecule has 1 atom stereocenters. The Morgan fingerprint density at radius 2 is 2.00 bits per heavy atom. The third-order valence-electron chi connectivity index (χ3n) is 2.10. The van der Waals surface area contributed by atoms with Crippen molar-refractivity contribution in [1.82, 2.24) is 4.98 Å². The number of pyridine rings is 1. The number of aromatic nitrogens is 1. The van der Waals surface area contributed by atoms with Crippen molar-refractivity contribution in [2.75, 3.05) is 0 Å². The second-order valence-electron chi connectivity index (χ2n) is 3.25. The summed E-state index contributed by atoms with van der Waals surface area (Å²) in [4.78, 5) is 4.36. The number of nitrogens with zero attached hydrogens (tertiary/aromatic N) is 1. The lowest BCUT2D eigenvalue weighted by Crippen LogP contribution is -1.94. The van der Waals surface area contributed by atoms with Crippen LogP contribution in [0.15, 0.2) is 34.8 Å². The van der Waals surface area contributed by atoms with Crippen molar-refractivity contribution in [2.45, 2.75) is 13.0 Å². The van der Waals surface area contributed by atoms with E-state index in [1.807, 2.05) is 30.3 Å². The van der Waals surface area contributed by atoms with E-state index in [9.17, 15) is 5.11 Å². The monoisotopic (exact) mass is 251 g/mol. The molecule has 0 saturated heterocycles. The fourth-order valence-corrected chi connectivity index (χ4v) is 1.69. The van der Waals surface area contributed by atoms with Gasteiger partial charge in [0.2, 0.25) is 0 Å². The molecular formula is C11H10BrNO. The molecule has 1 aromatic heterocycles. The first-order valence-corrected chi connectivity index (χ1v) is 5.20. The van der Waals surface area contributed by atoms with E-state index in [0.717, 1.165) is 15.4 Å². The Morgan fingerprint density at radius 1 is 1.29 bits per heavy atom. The summed E-state index contributed by atoms with van der Waals surface area (Å²) in [6, 6.07) is 9.74. The summed E-state index contributed by atoms with van der Waals surface area (Å²) in [6.45, 7) is 1.71. The zero-order chi connectivity index (χ0) is 10.1. The van der Waals surface area contributed by atoms with Gasteiger partial charge in [0.1, 0.15) is 0 Å². The van der Waals surface area contributed by atoms with Gasteiger partial charge >= 0.3 is 0 Å². The highest BCUT2D eigenvalue weighted by Crippen LogP contribution is 2.20. The van der Waals surface area contributed by atoms with Crippen molar-refractivity contribution < 1.29 is 5.11 Å². The number of fused-ring (bicyclic) bond motifs is 1. The maximum Gasteiger partial charge on any atom is 0.0932 e. The molecule has 0 bridgehead atoms. The molecule has 72 valence electrons. The second-order valence-corrected chi connectivity index (χ2v) is 4.16. The molecule has 1 heterocycles. The molecule has 1 N–H and O–H groups in total. The van der Waals surface area contributed by atoms with Gasteiger partial charge in [-0.1, -0.05) is 28.1 Å². The number of rotatable bonds is 1. The van der Waals surface area contributed by atoms with Crippen LogP contribution in [0.4, 0.5) is 0 Å². The highest BCUT2D eigenvalue weighted by Gasteiger charge is 2.03. The molecule has 3 heteroatoms. The van der Waals surface area contributed by atoms with Crippen LogP contribution in [0.25, 0.3) is 10.9 Å². The largest absolute Gasteiger partial charge is 0.387 e. The summed E-state index contributed by atoms with van der Waals surface area (Å²) in [7, 11) is 0. The van der Waals surface area contributed by atoms with Gasteiger partial charge in [-0.05, 0) is 25.1 Å². The lowest BCUT2D eigenvalue weighted by Gasteiger charge is -2.05. The van der Waals surface area contributed by atoms with Crippen LogP contribution >= 0.6 is 15.9 Å². The predicted octanol–water partition coefficient (Wildman–Crippen LogP) is 3.05. The van der Waals surface area contributed by atoms with E-state index in [-0.39, 0.29) is 0 Å². The molecule has 0 aliphatic rings. The minimum atomic E-state index is -0.515. The topological polar surface area (TPSA) is 33.1 Å². The van der Waals surface area contributed by atoms with Gasteiger partial charge in [0.05, 0.1) is 17.3 Å². The molecule has 14 heavy (non-hydrogen) atoms. The molecule has 1 unspecified atom stereocenters. The van der Waals surface area contributed by atoms with Crippen LogP contribution in [0.3, 0.4) is 0 Å². The number of benzene rings is 1. The van der Waals surface area contributed by atoms with Crippen LogP contribution in [0.2, 0.25) is 0 Å². The van der Waals surface area contributed by atoms with Crippen LogP contribution in [-0.4, -0.2) is 10.1 Å². The van der Waals surface area contributed by atoms with Gasteiger partial charge < -0.3 is 5.11 Å². The smallest absolute Gasteiger partial charge is 0.0932 e. The molecule has 0 spiro atoms. The van der Waals surface area contributed by atoms with Crippen molar-refractivity contribution in [3.63, 3.8) is 0 Å². The average Bonchev–Trinajstić information content (AvgIpc) is 2.16. The van der Waals surface area contributed by atoms with Gasteiger partial charge in [-0.25, -0.2) is 0 Å². The van der Waals surface area contributed by atoms with Crippen molar-refractivity contribution in [3.8, 4) is 0 Å². The standard InChI is InChI=1S/C11H10BrNO/c1-7(14)10-5-3-8-2-4-9(12)6-11(8)13-10/h2-7,14H,1H3. The minimum Gasteiger partial charge on any atom is -0.387 e. The third-order valence-corrected chi connectivity index (χ3v) is 2.60. The van der Waals surface area contributed by atoms with E-state index in [2.05, 4.69) is 20.9 Å². The molecule has 0 aliphatic heterocycles. The van der Waals surface area contributed by atoms with Crippen molar-refractivity contribution in [3.05, 3.63) is 40.5 Å². The summed E-state index contributed by atoms with van der Waals surface area (Å²) in [5.41, 5.74) is 1.60. The summed E-state index contributed by atoms with van der Waals surface area (Å²) < 4.78 is 1.00. The third kappa shape index (κ3) is 1.79. The van der Waals surface area contributed by atoms with Crippen molar-refractivity contribution >= 4 is 26.8 Å².